The Morgan fingerprint density at radius 2 is 2.08 bits per heavy atom. The Bertz CT molecular complexity index is 1150. The number of nitrogens with zero attached hydrogens (tertiary/aromatic N) is 4. The van der Waals surface area contributed by atoms with Crippen molar-refractivity contribution in [3.8, 4) is 17.6 Å². The summed E-state index contributed by atoms with van der Waals surface area (Å²) in [6.07, 6.45) is 5.74. The molecule has 3 rings (SSSR count). The van der Waals surface area contributed by atoms with Crippen LogP contribution in [0.25, 0.3) is 6.08 Å². The van der Waals surface area contributed by atoms with Crippen LogP contribution < -0.4 is 11.1 Å². The molecule has 1 amide bonds. The molecule has 5 N–H and O–H groups in total. The molecule has 11 nitrogen and oxygen atoms in total. The molecule has 1 aliphatic carbocycles. The zero-order valence-corrected chi connectivity index (χ0v) is 21.5. The molecule has 2 aromatic rings. The predicted octanol–water partition coefficient (Wildman–Crippen LogP) is 3.36. The second-order valence-corrected chi connectivity index (χ2v) is 9.24. The van der Waals surface area contributed by atoms with Crippen LogP contribution in [-0.4, -0.2) is 56.6 Å². The van der Waals surface area contributed by atoms with Gasteiger partial charge in [-0.15, -0.1) is 11.3 Å². The lowest BCUT2D eigenvalue weighted by molar-refractivity contribution is -0.386. The second kappa shape index (κ2) is 13.4. The normalized spacial score (nSPS) is 14.7. The van der Waals surface area contributed by atoms with Crippen molar-refractivity contribution in [2.45, 2.75) is 52.5 Å². The topological polar surface area (TPSA) is 179 Å². The number of nitrogen functional groups attached to an aromatic ring is 1. The number of likely N-dealkylation sites (N-methyl/N-ethyl adjacent to an activating group) is 1. The molecule has 0 saturated heterocycles. The zero-order chi connectivity index (χ0) is 26.8. The molecule has 0 spiro atoms. The van der Waals surface area contributed by atoms with Crippen LogP contribution in [0, 0.1) is 21.4 Å². The number of nitrogens with two attached hydrogens (primary N) is 1. The summed E-state index contributed by atoms with van der Waals surface area (Å²) in [5, 5.41) is 43.1. The summed E-state index contributed by atoms with van der Waals surface area (Å²) in [6.45, 7) is 7.66. The minimum absolute atomic E-state index is 0.0686. The van der Waals surface area contributed by atoms with Gasteiger partial charge in [-0.2, -0.15) is 5.26 Å². The van der Waals surface area contributed by atoms with E-state index in [4.69, 9.17) is 11.0 Å². The number of fused-ring (bicyclic) bond motifs is 1. The van der Waals surface area contributed by atoms with Crippen molar-refractivity contribution in [1.29, 1.82) is 5.26 Å². The van der Waals surface area contributed by atoms with Gasteiger partial charge < -0.3 is 26.2 Å². The van der Waals surface area contributed by atoms with Crippen molar-refractivity contribution in [3.63, 3.8) is 0 Å². The van der Waals surface area contributed by atoms with Gasteiger partial charge in [0.2, 0.25) is 5.75 Å². The standard InChI is InChI=1S/C14H15N3O5.C10H17N3S/c1-3-16(4-2)14(20)10(8-15)5-9-6-11(17(21)22)13(19)12(18)7-9;1-2-5-12-7-3-4-8-9(6-7)14-10(11)13-8/h5-7,18-19H,3-4H2,1-2H3;7,12H,2-6H2,1H3,(H2,11,13)/b10-5+;/t;7-/m.0/s1. The molecule has 1 atom stereocenters. The fraction of sp³-hybridized carbons (Fsp3) is 0.458. The van der Waals surface area contributed by atoms with E-state index >= 15 is 0 Å². The van der Waals surface area contributed by atoms with E-state index in [1.807, 2.05) is 0 Å². The van der Waals surface area contributed by atoms with Gasteiger partial charge in [0, 0.05) is 30.1 Å². The monoisotopic (exact) mass is 516 g/mol. The van der Waals surface area contributed by atoms with Crippen molar-refractivity contribution in [1.82, 2.24) is 15.2 Å². The maximum absolute atomic E-state index is 12.1. The molecule has 1 aromatic heterocycles. The van der Waals surface area contributed by atoms with Gasteiger partial charge in [0.1, 0.15) is 11.6 Å². The minimum atomic E-state index is -0.870. The summed E-state index contributed by atoms with van der Waals surface area (Å²) < 4.78 is 0. The maximum atomic E-state index is 12.1. The fourth-order valence-electron chi connectivity index (χ4n) is 3.76. The van der Waals surface area contributed by atoms with Gasteiger partial charge in [-0.1, -0.05) is 6.92 Å². The van der Waals surface area contributed by atoms with E-state index in [0.717, 1.165) is 42.7 Å². The summed E-state index contributed by atoms with van der Waals surface area (Å²) in [5.74, 6) is -2.08. The number of nitrogens with one attached hydrogen (secondary N) is 1. The number of hydrogen-bond donors (Lipinski definition) is 4. The summed E-state index contributed by atoms with van der Waals surface area (Å²) >= 11 is 1.65. The largest absolute Gasteiger partial charge is 0.504 e. The molecule has 36 heavy (non-hydrogen) atoms. The number of nitro groups is 1. The van der Waals surface area contributed by atoms with E-state index < -0.39 is 28.0 Å². The van der Waals surface area contributed by atoms with Crippen LogP contribution >= 0.6 is 11.3 Å². The minimum Gasteiger partial charge on any atom is -0.504 e. The highest BCUT2D eigenvalue weighted by Gasteiger charge is 2.22. The molecule has 0 radical (unpaired) electrons. The molecule has 0 saturated carbocycles. The molecule has 0 aliphatic heterocycles. The molecule has 12 heteroatoms. The van der Waals surface area contributed by atoms with Crippen molar-refractivity contribution in [3.05, 3.63) is 44.0 Å². The highest BCUT2D eigenvalue weighted by atomic mass is 32.1. The van der Waals surface area contributed by atoms with Gasteiger partial charge in [-0.25, -0.2) is 4.98 Å². The SMILES string of the molecule is CCCN[C@H]1CCc2nc(N)sc2C1.CCN(CC)C(=O)/C(C#N)=C/c1cc(O)c(O)c([N+](=O)[O-])c1. The van der Waals surface area contributed by atoms with Crippen molar-refractivity contribution in [2.75, 3.05) is 25.4 Å². The third-order valence-corrected chi connectivity index (χ3v) is 6.59. The van der Waals surface area contributed by atoms with E-state index in [1.54, 1.807) is 31.3 Å². The Hall–Kier alpha value is -3.69. The zero-order valence-electron chi connectivity index (χ0n) is 20.7. The summed E-state index contributed by atoms with van der Waals surface area (Å²) in [6, 6.07) is 4.39. The first-order valence-corrected chi connectivity index (χ1v) is 12.5. The Morgan fingerprint density at radius 1 is 1.39 bits per heavy atom. The lowest BCUT2D eigenvalue weighted by atomic mass is 9.98. The van der Waals surface area contributed by atoms with Crippen LogP contribution in [0.3, 0.4) is 0 Å². The number of hydrogen-bond acceptors (Lipinski definition) is 10. The van der Waals surface area contributed by atoms with Gasteiger partial charge in [0.15, 0.2) is 10.9 Å². The van der Waals surface area contributed by atoms with E-state index in [9.17, 15) is 25.1 Å². The fourth-order valence-corrected chi connectivity index (χ4v) is 4.71. The smallest absolute Gasteiger partial charge is 0.315 e. The van der Waals surface area contributed by atoms with Gasteiger partial charge >= 0.3 is 5.69 Å². The van der Waals surface area contributed by atoms with Crippen molar-refractivity contribution >= 4 is 34.1 Å². The number of phenolic OH excluding ortho intramolecular Hbond substituents is 2. The van der Waals surface area contributed by atoms with E-state index in [1.165, 1.54) is 28.3 Å². The molecular weight excluding hydrogens is 484 g/mol. The number of nitro benzene ring substituents is 1. The number of benzene rings is 1. The highest BCUT2D eigenvalue weighted by molar-refractivity contribution is 7.15. The van der Waals surface area contributed by atoms with Crippen LogP contribution in [0.4, 0.5) is 10.8 Å². The number of aryl methyl sites for hydroxylation is 1. The maximum Gasteiger partial charge on any atom is 0.315 e. The quantitative estimate of drug-likeness (QED) is 0.134. The number of carbonyl (C=O) groups is 1. The van der Waals surface area contributed by atoms with E-state index in [0.29, 0.717) is 19.1 Å². The van der Waals surface area contributed by atoms with Crippen molar-refractivity contribution in [2.24, 2.45) is 0 Å². The number of amides is 1. The molecule has 0 unspecified atom stereocenters. The third-order valence-electron chi connectivity index (χ3n) is 5.64. The lowest BCUT2D eigenvalue weighted by Crippen LogP contribution is -2.34. The molecule has 1 aliphatic rings. The van der Waals surface area contributed by atoms with Crippen LogP contribution in [0.2, 0.25) is 0 Å². The number of rotatable bonds is 8. The Balaban J connectivity index is 0.000000278. The van der Waals surface area contributed by atoms with Gasteiger partial charge in [0.05, 0.1) is 10.6 Å². The first kappa shape index (κ1) is 28.5. The van der Waals surface area contributed by atoms with Crippen molar-refractivity contribution < 1.29 is 19.9 Å². The predicted molar refractivity (Wildman–Crippen MR) is 139 cm³/mol. The van der Waals surface area contributed by atoms with Gasteiger partial charge in [-0.05, 0) is 63.8 Å². The molecule has 0 bridgehead atoms. The third kappa shape index (κ3) is 7.40. The molecule has 1 aromatic carbocycles. The first-order chi connectivity index (χ1) is 17.1. The number of aromatic nitrogens is 1. The number of thiazole rings is 1. The Labute approximate surface area is 214 Å². The van der Waals surface area contributed by atoms with Crippen LogP contribution in [0.1, 0.15) is 49.7 Å². The molecule has 194 valence electrons. The summed E-state index contributed by atoms with van der Waals surface area (Å²) in [4.78, 5) is 29.2. The molecular formula is C24H32N6O5S. The van der Waals surface area contributed by atoms with Gasteiger partial charge in [-0.3, -0.25) is 14.9 Å². The average molecular weight is 517 g/mol. The second-order valence-electron chi connectivity index (χ2n) is 8.13. The first-order valence-electron chi connectivity index (χ1n) is 11.7. The molecule has 0 fully saturated rings. The molecule has 1 heterocycles. The number of aromatic hydroxyl groups is 2. The van der Waals surface area contributed by atoms with Gasteiger partial charge in [0.25, 0.3) is 5.91 Å². The number of nitriles is 1. The number of anilines is 1. The summed E-state index contributed by atoms with van der Waals surface area (Å²) in [5.41, 5.74) is 6.07. The lowest BCUT2D eigenvalue weighted by Gasteiger charge is -2.21. The average Bonchev–Trinajstić information content (AvgIpc) is 3.23. The Kier molecular flexibility index (Phi) is 10.6. The van der Waals surface area contributed by atoms with Crippen LogP contribution in [0.15, 0.2) is 17.7 Å². The van der Waals surface area contributed by atoms with Crippen LogP contribution in [-0.2, 0) is 17.6 Å². The van der Waals surface area contributed by atoms with E-state index in [-0.39, 0.29) is 11.1 Å². The van der Waals surface area contributed by atoms with E-state index in [2.05, 4.69) is 17.2 Å². The number of carbonyl (C=O) groups excluding carboxylic acids is 1. The number of phenols is 2. The highest BCUT2D eigenvalue weighted by Crippen LogP contribution is 2.36. The summed E-state index contributed by atoms with van der Waals surface area (Å²) in [7, 11) is 0. The Morgan fingerprint density at radius 3 is 2.67 bits per heavy atom. The van der Waals surface area contributed by atoms with Crippen LogP contribution in [0.5, 0.6) is 11.5 Å².